The first kappa shape index (κ1) is 31.4. The highest BCUT2D eigenvalue weighted by atomic mass is 32.2. The van der Waals surface area contributed by atoms with E-state index < -0.39 is 17.7 Å². The summed E-state index contributed by atoms with van der Waals surface area (Å²) in [4.78, 5) is 51.0. The summed E-state index contributed by atoms with van der Waals surface area (Å²) < 4.78 is 10.9. The van der Waals surface area contributed by atoms with E-state index in [1.807, 2.05) is 6.07 Å². The summed E-state index contributed by atoms with van der Waals surface area (Å²) in [6, 6.07) is 27.0. The van der Waals surface area contributed by atoms with Crippen molar-refractivity contribution in [2.45, 2.75) is 4.90 Å². The lowest BCUT2D eigenvalue weighted by Crippen LogP contribution is -2.30. The Morgan fingerprint density at radius 1 is 0.773 bits per heavy atom. The van der Waals surface area contributed by atoms with Crippen molar-refractivity contribution in [2.24, 2.45) is 5.73 Å². The number of benzene rings is 4. The highest BCUT2D eigenvalue weighted by Crippen LogP contribution is 2.32. The summed E-state index contributed by atoms with van der Waals surface area (Å²) in [5.41, 5.74) is 7.46. The van der Waals surface area contributed by atoms with Crippen LogP contribution in [-0.4, -0.2) is 43.6 Å². The molecule has 0 saturated carbocycles. The second kappa shape index (κ2) is 15.1. The van der Waals surface area contributed by atoms with Gasteiger partial charge >= 0.3 is 0 Å². The first-order valence-corrected chi connectivity index (χ1v) is 14.3. The summed E-state index contributed by atoms with van der Waals surface area (Å²) in [7, 11) is 2.99. The standard InChI is InChI=1S/C33H30N4O6S/c1-42-28-13-6-10-23(30(28)43-2)18-27(37-32(40)22-8-4-3-5-9-22)33(41)36-25-11-7-12-26(19-25)44-20-29(38)35-24-16-14-21(15-17-24)31(34)39/h3-19H,20H2,1-2H3,(H2,34,39)(H,35,38)(H,36,41)(H,37,40)/b27-18+. The third-order valence-corrected chi connectivity index (χ3v) is 7.17. The Bertz CT molecular complexity index is 1690. The van der Waals surface area contributed by atoms with Gasteiger partial charge in [-0.2, -0.15) is 0 Å². The van der Waals surface area contributed by atoms with E-state index in [9.17, 15) is 19.2 Å². The van der Waals surface area contributed by atoms with E-state index in [2.05, 4.69) is 16.0 Å². The van der Waals surface area contributed by atoms with Gasteiger partial charge in [0.15, 0.2) is 11.5 Å². The van der Waals surface area contributed by atoms with Gasteiger partial charge in [-0.15, -0.1) is 11.8 Å². The van der Waals surface area contributed by atoms with Crippen molar-refractivity contribution in [3.8, 4) is 11.5 Å². The number of carbonyl (C=O) groups is 4. The maximum absolute atomic E-state index is 13.5. The van der Waals surface area contributed by atoms with Crippen molar-refractivity contribution in [3.05, 3.63) is 119 Å². The van der Waals surface area contributed by atoms with Crippen molar-refractivity contribution in [3.63, 3.8) is 0 Å². The average molecular weight is 611 g/mol. The van der Waals surface area contributed by atoms with Crippen LogP contribution in [0.2, 0.25) is 0 Å². The van der Waals surface area contributed by atoms with Crippen LogP contribution >= 0.6 is 11.8 Å². The Morgan fingerprint density at radius 2 is 1.50 bits per heavy atom. The zero-order valence-corrected chi connectivity index (χ0v) is 24.8. The molecule has 0 unspecified atom stereocenters. The number of anilines is 2. The lowest BCUT2D eigenvalue weighted by Gasteiger charge is -2.14. The van der Waals surface area contributed by atoms with Crippen LogP contribution in [0.1, 0.15) is 26.3 Å². The van der Waals surface area contributed by atoms with Crippen LogP contribution in [-0.2, 0) is 9.59 Å². The van der Waals surface area contributed by atoms with Gasteiger partial charge in [0.1, 0.15) is 5.70 Å². The zero-order valence-electron chi connectivity index (χ0n) is 24.0. The summed E-state index contributed by atoms with van der Waals surface area (Å²) in [5.74, 6) is -0.875. The van der Waals surface area contributed by atoms with Crippen LogP contribution in [0.5, 0.6) is 11.5 Å². The van der Waals surface area contributed by atoms with Crippen LogP contribution in [0.3, 0.4) is 0 Å². The number of hydrogen-bond donors (Lipinski definition) is 4. The molecule has 0 aliphatic heterocycles. The molecule has 4 aromatic carbocycles. The number of ether oxygens (including phenoxy) is 2. The third kappa shape index (κ3) is 8.49. The van der Waals surface area contributed by atoms with E-state index in [1.165, 1.54) is 44.2 Å². The molecule has 10 nitrogen and oxygen atoms in total. The molecule has 0 aliphatic carbocycles. The van der Waals surface area contributed by atoms with Crippen molar-refractivity contribution in [1.29, 1.82) is 0 Å². The molecule has 0 spiro atoms. The SMILES string of the molecule is COc1cccc(/C=C(/NC(=O)c2ccccc2)C(=O)Nc2cccc(SCC(=O)Nc3ccc(C(N)=O)cc3)c2)c1OC. The molecule has 11 heteroatoms. The lowest BCUT2D eigenvalue weighted by atomic mass is 10.1. The molecule has 4 rings (SSSR count). The number of carbonyl (C=O) groups excluding carboxylic acids is 4. The number of methoxy groups -OCH3 is 2. The maximum atomic E-state index is 13.5. The molecule has 0 fully saturated rings. The van der Waals surface area contributed by atoms with Gasteiger partial charge in [0, 0.05) is 33.0 Å². The first-order valence-electron chi connectivity index (χ1n) is 13.3. The summed E-state index contributed by atoms with van der Waals surface area (Å²) >= 11 is 1.27. The van der Waals surface area contributed by atoms with E-state index in [-0.39, 0.29) is 17.4 Å². The Hall–Kier alpha value is -5.55. The van der Waals surface area contributed by atoms with E-state index in [1.54, 1.807) is 78.9 Å². The van der Waals surface area contributed by atoms with Crippen LogP contribution in [0, 0.1) is 0 Å². The minimum Gasteiger partial charge on any atom is -0.493 e. The van der Waals surface area contributed by atoms with Gasteiger partial charge in [0.2, 0.25) is 11.8 Å². The van der Waals surface area contributed by atoms with Gasteiger partial charge in [-0.3, -0.25) is 19.2 Å². The lowest BCUT2D eigenvalue weighted by molar-refractivity contribution is -0.114. The van der Waals surface area contributed by atoms with Crippen LogP contribution in [0.25, 0.3) is 6.08 Å². The Labute approximate surface area is 258 Å². The molecule has 44 heavy (non-hydrogen) atoms. The molecule has 0 bridgehead atoms. The highest BCUT2D eigenvalue weighted by Gasteiger charge is 2.18. The van der Waals surface area contributed by atoms with Gasteiger partial charge < -0.3 is 31.2 Å². The summed E-state index contributed by atoms with van der Waals surface area (Å²) in [5, 5.41) is 8.29. The number of nitrogens with two attached hydrogens (primary N) is 1. The first-order chi connectivity index (χ1) is 21.3. The molecular formula is C33H30N4O6S. The van der Waals surface area contributed by atoms with Crippen LogP contribution in [0.15, 0.2) is 108 Å². The topological polar surface area (TPSA) is 149 Å². The zero-order chi connectivity index (χ0) is 31.5. The molecule has 0 radical (unpaired) electrons. The minimum atomic E-state index is -0.571. The molecular weight excluding hydrogens is 580 g/mol. The quantitative estimate of drug-likeness (QED) is 0.131. The number of para-hydroxylation sites is 1. The maximum Gasteiger partial charge on any atom is 0.272 e. The van der Waals surface area contributed by atoms with Gasteiger partial charge in [-0.05, 0) is 66.7 Å². The van der Waals surface area contributed by atoms with Crippen LogP contribution in [0.4, 0.5) is 11.4 Å². The van der Waals surface area contributed by atoms with Crippen molar-refractivity contribution < 1.29 is 28.7 Å². The second-order valence-corrected chi connectivity index (χ2v) is 10.3. The van der Waals surface area contributed by atoms with Crippen molar-refractivity contribution in [1.82, 2.24) is 5.32 Å². The molecule has 0 aromatic heterocycles. The monoisotopic (exact) mass is 610 g/mol. The number of rotatable bonds is 12. The number of nitrogens with one attached hydrogen (secondary N) is 3. The fourth-order valence-corrected chi connectivity index (χ4v) is 4.80. The molecule has 0 atom stereocenters. The van der Waals surface area contributed by atoms with Crippen molar-refractivity contribution in [2.75, 3.05) is 30.6 Å². The Balaban J connectivity index is 1.49. The molecule has 224 valence electrons. The normalized spacial score (nSPS) is 10.8. The van der Waals surface area contributed by atoms with E-state index in [4.69, 9.17) is 15.2 Å². The third-order valence-electron chi connectivity index (χ3n) is 6.18. The molecule has 0 aliphatic rings. The molecule has 5 N–H and O–H groups in total. The van der Waals surface area contributed by atoms with Gasteiger partial charge in [-0.25, -0.2) is 0 Å². The van der Waals surface area contributed by atoms with Gasteiger partial charge in [0.05, 0.1) is 20.0 Å². The van der Waals surface area contributed by atoms with E-state index in [0.717, 1.165) is 4.90 Å². The fourth-order valence-electron chi connectivity index (χ4n) is 4.05. The number of amides is 4. The number of primary amides is 1. The molecule has 4 aromatic rings. The number of thioether (sulfide) groups is 1. The van der Waals surface area contributed by atoms with E-state index in [0.29, 0.717) is 39.6 Å². The smallest absolute Gasteiger partial charge is 0.272 e. The van der Waals surface area contributed by atoms with Gasteiger partial charge in [0.25, 0.3) is 11.8 Å². The predicted octanol–water partition coefficient (Wildman–Crippen LogP) is 4.94. The molecule has 0 saturated heterocycles. The second-order valence-electron chi connectivity index (χ2n) is 9.22. The molecule has 0 heterocycles. The predicted molar refractivity (Wildman–Crippen MR) is 171 cm³/mol. The minimum absolute atomic E-state index is 0.0230. The van der Waals surface area contributed by atoms with Gasteiger partial charge in [-0.1, -0.05) is 36.4 Å². The largest absolute Gasteiger partial charge is 0.493 e. The average Bonchev–Trinajstić information content (AvgIpc) is 3.04. The molecule has 4 amide bonds. The van der Waals surface area contributed by atoms with E-state index >= 15 is 0 Å². The van der Waals surface area contributed by atoms with Crippen molar-refractivity contribution >= 4 is 52.8 Å². The summed E-state index contributed by atoms with van der Waals surface area (Å²) in [6.45, 7) is 0. The summed E-state index contributed by atoms with van der Waals surface area (Å²) in [6.07, 6.45) is 1.51. The highest BCUT2D eigenvalue weighted by molar-refractivity contribution is 8.00. The fraction of sp³-hybridized carbons (Fsp3) is 0.0909. The number of hydrogen-bond acceptors (Lipinski definition) is 7. The Kier molecular flexibility index (Phi) is 10.8. The Morgan fingerprint density at radius 3 is 2.18 bits per heavy atom. The van der Waals surface area contributed by atoms with Crippen LogP contribution < -0.4 is 31.2 Å².